The summed E-state index contributed by atoms with van der Waals surface area (Å²) in [6, 6.07) is 20.0. The lowest BCUT2D eigenvalue weighted by atomic mass is 10.0. The van der Waals surface area contributed by atoms with Crippen molar-refractivity contribution >= 4 is 27.6 Å². The summed E-state index contributed by atoms with van der Waals surface area (Å²) in [7, 11) is 0. The molecule has 0 unspecified atom stereocenters. The quantitative estimate of drug-likeness (QED) is 0.367. The predicted molar refractivity (Wildman–Crippen MR) is 119 cm³/mol. The van der Waals surface area contributed by atoms with Crippen LogP contribution in [0.2, 0.25) is 0 Å². The Morgan fingerprint density at radius 3 is 2.42 bits per heavy atom. The first kappa shape index (κ1) is 20.6. The van der Waals surface area contributed by atoms with Gasteiger partial charge in [-0.3, -0.25) is 4.79 Å². The lowest BCUT2D eigenvalue weighted by Crippen LogP contribution is -2.38. The number of aliphatic hydroxyl groups excluding tert-OH is 1. The topological polar surface area (TPSA) is 88.8 Å². The molecule has 4 rings (SSSR count). The number of carbonyl (C=O) groups is 1. The molecule has 158 valence electrons. The van der Waals surface area contributed by atoms with Gasteiger partial charge in [0.1, 0.15) is 11.3 Å². The van der Waals surface area contributed by atoms with Crippen molar-refractivity contribution in [3.8, 4) is 5.75 Å². The second kappa shape index (κ2) is 8.62. The molecule has 1 aromatic heterocycles. The SMILES string of the molecule is Cc1c(O[C@@H](C)C(=O)NC[C@@H](O)c2ccccc2)ccc2c1oc(=O)c1ccccc12. The van der Waals surface area contributed by atoms with E-state index in [-0.39, 0.29) is 12.5 Å². The smallest absolute Gasteiger partial charge is 0.344 e. The van der Waals surface area contributed by atoms with Crippen molar-refractivity contribution < 1.29 is 19.1 Å². The first-order chi connectivity index (χ1) is 15.0. The summed E-state index contributed by atoms with van der Waals surface area (Å²) in [6.07, 6.45) is -1.60. The van der Waals surface area contributed by atoms with Gasteiger partial charge in [-0.25, -0.2) is 4.79 Å². The maximum absolute atomic E-state index is 12.5. The Labute approximate surface area is 179 Å². The van der Waals surface area contributed by atoms with E-state index in [0.29, 0.717) is 22.3 Å². The third kappa shape index (κ3) is 4.15. The summed E-state index contributed by atoms with van der Waals surface area (Å²) < 4.78 is 11.4. The van der Waals surface area contributed by atoms with Gasteiger partial charge in [0.25, 0.3) is 5.91 Å². The van der Waals surface area contributed by atoms with Gasteiger partial charge in [0, 0.05) is 17.5 Å². The first-order valence-corrected chi connectivity index (χ1v) is 10.1. The zero-order valence-electron chi connectivity index (χ0n) is 17.3. The van der Waals surface area contributed by atoms with Gasteiger partial charge in [-0.15, -0.1) is 0 Å². The normalized spacial score (nSPS) is 13.1. The fraction of sp³-hybridized carbons (Fsp3) is 0.200. The highest BCUT2D eigenvalue weighted by atomic mass is 16.5. The molecule has 0 aliphatic heterocycles. The summed E-state index contributed by atoms with van der Waals surface area (Å²) in [5.41, 5.74) is 1.39. The summed E-state index contributed by atoms with van der Waals surface area (Å²) in [5, 5.41) is 15.1. The molecule has 0 fully saturated rings. The molecule has 4 aromatic rings. The molecule has 3 aromatic carbocycles. The van der Waals surface area contributed by atoms with Gasteiger partial charge in [-0.05, 0) is 43.0 Å². The minimum absolute atomic E-state index is 0.0775. The Morgan fingerprint density at radius 1 is 1.00 bits per heavy atom. The van der Waals surface area contributed by atoms with Gasteiger partial charge in [-0.1, -0.05) is 48.5 Å². The van der Waals surface area contributed by atoms with E-state index in [0.717, 1.165) is 16.3 Å². The molecular weight excluding hydrogens is 394 g/mol. The standard InChI is InChI=1S/C25H23NO5/c1-15-22(13-12-19-18-10-6-7-11-20(18)25(29)31-23(15)19)30-16(2)24(28)26-14-21(27)17-8-4-3-5-9-17/h3-13,16,21,27H,14H2,1-2H3,(H,26,28)/t16-,21+/m0/s1. The number of hydrogen-bond donors (Lipinski definition) is 2. The van der Waals surface area contributed by atoms with Gasteiger partial charge in [0.05, 0.1) is 11.5 Å². The number of benzene rings is 3. The van der Waals surface area contributed by atoms with Crippen LogP contribution in [0.15, 0.2) is 75.9 Å². The average molecular weight is 417 g/mol. The van der Waals surface area contributed by atoms with E-state index in [1.807, 2.05) is 36.4 Å². The zero-order valence-corrected chi connectivity index (χ0v) is 17.3. The third-order valence-electron chi connectivity index (χ3n) is 5.32. The highest BCUT2D eigenvalue weighted by Crippen LogP contribution is 2.31. The number of fused-ring (bicyclic) bond motifs is 3. The number of ether oxygens (including phenoxy) is 1. The molecule has 2 atom stereocenters. The summed E-state index contributed by atoms with van der Waals surface area (Å²) in [6.45, 7) is 3.50. The van der Waals surface area contributed by atoms with Gasteiger partial charge in [0.2, 0.25) is 0 Å². The maximum atomic E-state index is 12.5. The molecule has 31 heavy (non-hydrogen) atoms. The second-order valence-corrected chi connectivity index (χ2v) is 7.43. The predicted octanol–water partition coefficient (Wildman–Crippen LogP) is 3.87. The Hall–Kier alpha value is -3.64. The van der Waals surface area contributed by atoms with Crippen molar-refractivity contribution in [3.05, 3.63) is 88.3 Å². The minimum atomic E-state index is -0.803. The van der Waals surface area contributed by atoms with Gasteiger partial charge < -0.3 is 19.6 Å². The lowest BCUT2D eigenvalue weighted by Gasteiger charge is -2.18. The van der Waals surface area contributed by atoms with E-state index >= 15 is 0 Å². The summed E-state index contributed by atoms with van der Waals surface area (Å²) in [5.74, 6) is 0.103. The molecule has 0 aliphatic carbocycles. The van der Waals surface area contributed by atoms with Crippen LogP contribution in [-0.4, -0.2) is 23.7 Å². The van der Waals surface area contributed by atoms with Crippen LogP contribution in [0.1, 0.15) is 24.2 Å². The molecule has 0 spiro atoms. The van der Waals surface area contributed by atoms with Crippen molar-refractivity contribution in [3.63, 3.8) is 0 Å². The molecule has 0 bridgehead atoms. The molecule has 0 aliphatic rings. The molecule has 1 amide bonds. The monoisotopic (exact) mass is 417 g/mol. The molecule has 1 heterocycles. The molecule has 0 saturated heterocycles. The Morgan fingerprint density at radius 2 is 1.68 bits per heavy atom. The Bertz CT molecular complexity index is 1300. The highest BCUT2D eigenvalue weighted by molar-refractivity contribution is 6.05. The molecular formula is C25H23NO5. The summed E-state index contributed by atoms with van der Waals surface area (Å²) in [4.78, 5) is 24.8. The third-order valence-corrected chi connectivity index (χ3v) is 5.32. The number of carbonyl (C=O) groups excluding carboxylic acids is 1. The van der Waals surface area contributed by atoms with Crippen LogP contribution in [0.4, 0.5) is 0 Å². The maximum Gasteiger partial charge on any atom is 0.344 e. The first-order valence-electron chi connectivity index (χ1n) is 10.1. The van der Waals surface area contributed by atoms with Gasteiger partial charge in [0.15, 0.2) is 6.10 Å². The highest BCUT2D eigenvalue weighted by Gasteiger charge is 2.19. The van der Waals surface area contributed by atoms with Gasteiger partial charge >= 0.3 is 5.63 Å². The van der Waals surface area contributed by atoms with Crippen LogP contribution in [0.25, 0.3) is 21.7 Å². The van der Waals surface area contributed by atoms with E-state index in [4.69, 9.17) is 9.15 Å². The van der Waals surface area contributed by atoms with Crippen LogP contribution >= 0.6 is 0 Å². The molecule has 2 N–H and O–H groups in total. The number of aryl methyl sites for hydroxylation is 1. The number of aliphatic hydroxyl groups is 1. The summed E-state index contributed by atoms with van der Waals surface area (Å²) >= 11 is 0. The largest absolute Gasteiger partial charge is 0.480 e. The van der Waals surface area contributed by atoms with E-state index in [9.17, 15) is 14.7 Å². The molecule has 0 radical (unpaired) electrons. The van der Waals surface area contributed by atoms with Crippen molar-refractivity contribution in [2.75, 3.05) is 6.54 Å². The zero-order chi connectivity index (χ0) is 22.0. The Balaban J connectivity index is 1.51. The van der Waals surface area contributed by atoms with Crippen LogP contribution in [0.5, 0.6) is 5.75 Å². The molecule has 0 saturated carbocycles. The van der Waals surface area contributed by atoms with Crippen molar-refractivity contribution in [2.45, 2.75) is 26.1 Å². The lowest BCUT2D eigenvalue weighted by molar-refractivity contribution is -0.127. The van der Waals surface area contributed by atoms with Crippen molar-refractivity contribution in [1.29, 1.82) is 0 Å². The van der Waals surface area contributed by atoms with Crippen LogP contribution in [0.3, 0.4) is 0 Å². The minimum Gasteiger partial charge on any atom is -0.480 e. The van der Waals surface area contributed by atoms with Gasteiger partial charge in [-0.2, -0.15) is 0 Å². The fourth-order valence-corrected chi connectivity index (χ4v) is 3.57. The Kier molecular flexibility index (Phi) is 5.73. The van der Waals surface area contributed by atoms with Crippen LogP contribution in [-0.2, 0) is 4.79 Å². The van der Waals surface area contributed by atoms with Crippen molar-refractivity contribution in [2.24, 2.45) is 0 Å². The fourth-order valence-electron chi connectivity index (χ4n) is 3.57. The number of hydrogen-bond acceptors (Lipinski definition) is 5. The molecule has 6 heteroatoms. The van der Waals surface area contributed by atoms with Crippen molar-refractivity contribution in [1.82, 2.24) is 5.32 Å². The number of rotatable bonds is 6. The number of nitrogens with one attached hydrogen (secondary N) is 1. The van der Waals surface area contributed by atoms with Crippen LogP contribution in [0, 0.1) is 6.92 Å². The van der Waals surface area contributed by atoms with Crippen LogP contribution < -0.4 is 15.7 Å². The number of amides is 1. The van der Waals surface area contributed by atoms with E-state index in [1.54, 1.807) is 44.2 Å². The average Bonchev–Trinajstić information content (AvgIpc) is 2.80. The van der Waals surface area contributed by atoms with E-state index < -0.39 is 17.8 Å². The van der Waals surface area contributed by atoms with E-state index in [2.05, 4.69) is 5.32 Å². The molecule has 6 nitrogen and oxygen atoms in total. The van der Waals surface area contributed by atoms with E-state index in [1.165, 1.54) is 0 Å². The second-order valence-electron chi connectivity index (χ2n) is 7.43.